The molecule has 0 saturated carbocycles. The van der Waals surface area contributed by atoms with E-state index in [-0.39, 0.29) is 13.1 Å². The number of amides is 2. The number of urea groups is 1. The van der Waals surface area contributed by atoms with Crippen LogP contribution in [0.1, 0.15) is 17.0 Å². The quantitative estimate of drug-likeness (QED) is 0.242. The van der Waals surface area contributed by atoms with E-state index in [0.29, 0.717) is 29.2 Å². The summed E-state index contributed by atoms with van der Waals surface area (Å²) in [4.78, 5) is 18.7. The maximum absolute atomic E-state index is 13.9. The smallest absolute Gasteiger partial charge is 0.333 e. The van der Waals surface area contributed by atoms with Gasteiger partial charge in [-0.05, 0) is 36.8 Å². The van der Waals surface area contributed by atoms with Crippen LogP contribution in [0.2, 0.25) is 0 Å². The highest BCUT2D eigenvalue weighted by Crippen LogP contribution is 2.31. The molecule has 0 spiro atoms. The number of nitrogens with zero attached hydrogens (tertiary/aromatic N) is 6. The minimum Gasteiger partial charge on any atom is -0.333 e. The Kier molecular flexibility index (Phi) is 8.03. The molecule has 1 aliphatic heterocycles. The van der Waals surface area contributed by atoms with Crippen molar-refractivity contribution in [2.24, 2.45) is 7.05 Å². The Hall–Kier alpha value is -4.30. The minimum atomic E-state index is -4.74. The van der Waals surface area contributed by atoms with Crippen LogP contribution in [0, 0.1) is 12.9 Å². The molecule has 5 rings (SSSR count). The number of pyridine rings is 1. The highest BCUT2D eigenvalue weighted by atomic mass is 19.4. The Labute approximate surface area is 232 Å². The molecule has 216 valence electrons. The van der Waals surface area contributed by atoms with Crippen LogP contribution >= 0.6 is 0 Å². The van der Waals surface area contributed by atoms with Crippen molar-refractivity contribution in [3.05, 3.63) is 78.1 Å². The molecule has 14 heteroatoms. The standard InChI is InChI=1S/C27H28F4N8O2/c1-17-24(19-13-33-37(2)14-19)36-39(20-6-4-3-5-7-20)25(17)35-26(40)34-22-16-38(10-11-41-27(29,30)31)15-21(22)18-8-9-32-23(28)12-18/h3-9,12-14,21-22H,10-11,15-16H2,1-2H3,(H2,34,35,40)/t21-,22+/m0/s1. The van der Waals surface area contributed by atoms with Gasteiger partial charge in [0.15, 0.2) is 0 Å². The SMILES string of the molecule is Cc1c(-c2cnn(C)c2)nn(-c2ccccc2)c1NC(=O)N[C@@H]1CN(CCOC(F)(F)F)C[C@H]1c1ccnc(F)c1. The van der Waals surface area contributed by atoms with Gasteiger partial charge in [-0.1, -0.05) is 18.2 Å². The largest absolute Gasteiger partial charge is 0.522 e. The van der Waals surface area contributed by atoms with E-state index in [0.717, 1.165) is 11.3 Å². The van der Waals surface area contributed by atoms with Crippen LogP contribution in [0.4, 0.5) is 28.2 Å². The van der Waals surface area contributed by atoms with E-state index in [1.807, 2.05) is 43.5 Å². The zero-order chi connectivity index (χ0) is 29.1. The molecule has 0 radical (unpaired) electrons. The number of likely N-dealkylation sites (tertiary alicyclic amines) is 1. The number of ether oxygens (including phenoxy) is 1. The van der Waals surface area contributed by atoms with Gasteiger partial charge in [-0.3, -0.25) is 19.6 Å². The average molecular weight is 573 g/mol. The minimum absolute atomic E-state index is 0.0161. The first-order valence-electron chi connectivity index (χ1n) is 12.8. The number of aromatic nitrogens is 5. The lowest BCUT2D eigenvalue weighted by atomic mass is 9.95. The van der Waals surface area contributed by atoms with Gasteiger partial charge in [0.2, 0.25) is 5.95 Å². The van der Waals surface area contributed by atoms with Gasteiger partial charge in [0.25, 0.3) is 0 Å². The molecule has 41 heavy (non-hydrogen) atoms. The highest BCUT2D eigenvalue weighted by Gasteiger charge is 2.36. The van der Waals surface area contributed by atoms with Crippen LogP contribution in [0.25, 0.3) is 16.9 Å². The zero-order valence-corrected chi connectivity index (χ0v) is 22.3. The lowest BCUT2D eigenvalue weighted by Gasteiger charge is -2.21. The monoisotopic (exact) mass is 572 g/mol. The Bertz CT molecular complexity index is 1500. The number of carbonyl (C=O) groups excluding carboxylic acids is 1. The molecule has 0 unspecified atom stereocenters. The molecule has 4 aromatic rings. The highest BCUT2D eigenvalue weighted by molar-refractivity contribution is 5.91. The maximum atomic E-state index is 13.9. The van der Waals surface area contributed by atoms with Crippen molar-refractivity contribution in [3.8, 4) is 16.9 Å². The summed E-state index contributed by atoms with van der Waals surface area (Å²) >= 11 is 0. The number of para-hydroxylation sites is 1. The predicted molar refractivity (Wildman–Crippen MR) is 142 cm³/mol. The van der Waals surface area contributed by atoms with Gasteiger partial charge >= 0.3 is 12.4 Å². The Morgan fingerprint density at radius 3 is 2.63 bits per heavy atom. The molecule has 1 fully saturated rings. The number of aryl methyl sites for hydroxylation is 1. The van der Waals surface area contributed by atoms with E-state index in [2.05, 4.69) is 25.5 Å². The van der Waals surface area contributed by atoms with Crippen LogP contribution in [0.3, 0.4) is 0 Å². The van der Waals surface area contributed by atoms with Crippen LogP contribution in [0.5, 0.6) is 0 Å². The first-order valence-corrected chi connectivity index (χ1v) is 12.8. The molecule has 2 atom stereocenters. The van der Waals surface area contributed by atoms with Crippen molar-refractivity contribution in [2.75, 3.05) is 31.6 Å². The molecule has 10 nitrogen and oxygen atoms in total. The summed E-state index contributed by atoms with van der Waals surface area (Å²) in [6.45, 7) is 1.79. The fourth-order valence-electron chi connectivity index (χ4n) is 5.02. The summed E-state index contributed by atoms with van der Waals surface area (Å²) in [5.74, 6) is -0.641. The van der Waals surface area contributed by atoms with Gasteiger partial charge < -0.3 is 5.32 Å². The lowest BCUT2D eigenvalue weighted by molar-refractivity contribution is -0.324. The van der Waals surface area contributed by atoms with E-state index in [4.69, 9.17) is 5.10 Å². The van der Waals surface area contributed by atoms with Crippen LogP contribution in [0.15, 0.2) is 61.1 Å². The van der Waals surface area contributed by atoms with Gasteiger partial charge in [-0.15, -0.1) is 13.2 Å². The summed E-state index contributed by atoms with van der Waals surface area (Å²) in [6.07, 6.45) is 0.0865. The normalized spacial score (nSPS) is 17.6. The summed E-state index contributed by atoms with van der Waals surface area (Å²) < 4.78 is 58.7. The van der Waals surface area contributed by atoms with E-state index in [9.17, 15) is 22.4 Å². The maximum Gasteiger partial charge on any atom is 0.522 e. The number of rotatable bonds is 8. The van der Waals surface area contributed by atoms with Crippen LogP contribution in [-0.4, -0.2) is 74.1 Å². The number of alkyl halides is 3. The summed E-state index contributed by atoms with van der Waals surface area (Å²) in [6, 6.07) is 11.1. The second-order valence-corrected chi connectivity index (χ2v) is 9.75. The fraction of sp³-hybridized carbons (Fsp3) is 0.333. The molecule has 0 aliphatic carbocycles. The number of nitrogens with one attached hydrogen (secondary N) is 2. The number of halogens is 4. The molecule has 0 bridgehead atoms. The number of anilines is 1. The van der Waals surface area contributed by atoms with E-state index in [1.54, 1.807) is 33.6 Å². The average Bonchev–Trinajstić information content (AvgIpc) is 3.61. The Morgan fingerprint density at radius 1 is 1.17 bits per heavy atom. The predicted octanol–water partition coefficient (Wildman–Crippen LogP) is 4.24. The number of hydrogen-bond acceptors (Lipinski definition) is 6. The number of benzene rings is 1. The Morgan fingerprint density at radius 2 is 1.95 bits per heavy atom. The second-order valence-electron chi connectivity index (χ2n) is 9.75. The second kappa shape index (κ2) is 11.7. The van der Waals surface area contributed by atoms with Crippen molar-refractivity contribution < 1.29 is 27.1 Å². The van der Waals surface area contributed by atoms with Crippen molar-refractivity contribution in [1.29, 1.82) is 0 Å². The topological polar surface area (TPSA) is 102 Å². The molecule has 2 amide bonds. The van der Waals surface area contributed by atoms with Crippen molar-refractivity contribution in [1.82, 2.24) is 34.8 Å². The molecule has 1 aliphatic rings. The lowest BCUT2D eigenvalue weighted by Crippen LogP contribution is -2.42. The molecule has 1 aromatic carbocycles. The van der Waals surface area contributed by atoms with E-state index in [1.165, 1.54) is 12.3 Å². The summed E-state index contributed by atoms with van der Waals surface area (Å²) in [5.41, 5.74) is 3.42. The van der Waals surface area contributed by atoms with Crippen LogP contribution < -0.4 is 10.6 Å². The summed E-state index contributed by atoms with van der Waals surface area (Å²) in [5, 5.41) is 14.8. The molecule has 4 heterocycles. The van der Waals surface area contributed by atoms with Gasteiger partial charge in [0.1, 0.15) is 11.5 Å². The van der Waals surface area contributed by atoms with Crippen LogP contribution in [-0.2, 0) is 11.8 Å². The Balaban J connectivity index is 1.38. The van der Waals surface area contributed by atoms with Gasteiger partial charge in [-0.25, -0.2) is 14.5 Å². The number of hydrogen-bond donors (Lipinski definition) is 2. The zero-order valence-electron chi connectivity index (χ0n) is 22.3. The van der Waals surface area contributed by atoms with E-state index < -0.39 is 36.9 Å². The molecular weight excluding hydrogens is 544 g/mol. The third kappa shape index (κ3) is 6.72. The van der Waals surface area contributed by atoms with Gasteiger partial charge in [0, 0.05) is 56.1 Å². The molecule has 1 saturated heterocycles. The first kappa shape index (κ1) is 28.2. The molecule has 2 N–H and O–H groups in total. The van der Waals surface area contributed by atoms with Gasteiger partial charge in [0.05, 0.1) is 24.5 Å². The first-order chi connectivity index (χ1) is 19.6. The van der Waals surface area contributed by atoms with Gasteiger partial charge in [-0.2, -0.15) is 14.6 Å². The van der Waals surface area contributed by atoms with Crippen molar-refractivity contribution >= 4 is 11.8 Å². The van der Waals surface area contributed by atoms with E-state index >= 15 is 0 Å². The third-order valence-electron chi connectivity index (χ3n) is 6.90. The van der Waals surface area contributed by atoms with Crippen molar-refractivity contribution in [3.63, 3.8) is 0 Å². The third-order valence-corrected chi connectivity index (χ3v) is 6.90. The molecular formula is C27H28F4N8O2. The molecule has 3 aromatic heterocycles. The summed E-state index contributed by atoms with van der Waals surface area (Å²) in [7, 11) is 1.80. The van der Waals surface area contributed by atoms with Crippen molar-refractivity contribution in [2.45, 2.75) is 25.2 Å². The fourth-order valence-corrected chi connectivity index (χ4v) is 5.02. The number of carbonyl (C=O) groups is 1.